The fourth-order valence-corrected chi connectivity index (χ4v) is 8.80. The smallest absolute Gasteiger partial charge is 0.277 e. The number of rotatable bonds is 16. The number of anilines is 2. The van der Waals surface area contributed by atoms with Crippen molar-refractivity contribution in [3.8, 4) is 11.5 Å². The molecule has 20 heteroatoms. The predicted molar refractivity (Wildman–Crippen MR) is 258 cm³/mol. The van der Waals surface area contributed by atoms with Crippen LogP contribution in [0.25, 0.3) is 0 Å². The number of nitrogens with one attached hydrogen (secondary N) is 1. The number of carbonyl (C=O) groups is 2. The summed E-state index contributed by atoms with van der Waals surface area (Å²) in [5, 5.41) is 1.71. The standard InChI is InChI=1S/C21H19ClN2O4S.C16H18BrClN2O4S.C9H11NO2/c1-14(2)28-17-8-10-18(11-9-17)29(26,27)24-19-12-16(22)13-23-20(19)21(25)15-6-4-3-5-7-15;1-11(2)24-13-4-6-14(7-5-13)25(21,22)20(10-23-3)15-8-12(18)9-19-16(15)17;1-10(12-2)9(11)8-6-4-3-5-7-8/h3-14,24H,1-2H3;4-9,11H,10H2,1-3H3;3-7H,1-2H3. The second-order valence-electron chi connectivity index (χ2n) is 14.2. The van der Waals surface area contributed by atoms with Gasteiger partial charge in [-0.2, -0.15) is 0 Å². The van der Waals surface area contributed by atoms with Crippen LogP contribution in [0.2, 0.25) is 10.0 Å². The zero-order valence-corrected chi connectivity index (χ0v) is 41.6. The maximum atomic E-state index is 13.0. The van der Waals surface area contributed by atoms with Crippen LogP contribution in [-0.2, 0) is 29.6 Å². The molecule has 6 rings (SSSR count). The molecule has 2 aromatic heterocycles. The fraction of sp³-hybridized carbons (Fsp3) is 0.217. The summed E-state index contributed by atoms with van der Waals surface area (Å²) < 4.78 is 71.7. The van der Waals surface area contributed by atoms with Crippen molar-refractivity contribution in [3.05, 3.63) is 165 Å². The number of methoxy groups -OCH3 is 1. The van der Waals surface area contributed by atoms with Crippen LogP contribution in [0.3, 0.4) is 0 Å². The second kappa shape index (κ2) is 24.8. The molecule has 15 nitrogen and oxygen atoms in total. The Morgan fingerprint density at radius 1 is 0.697 bits per heavy atom. The van der Waals surface area contributed by atoms with Gasteiger partial charge in [0, 0.05) is 37.7 Å². The molecule has 350 valence electrons. The quantitative estimate of drug-likeness (QED) is 0.0420. The highest BCUT2D eigenvalue weighted by molar-refractivity contribution is 9.10. The number of sulfonamides is 2. The van der Waals surface area contributed by atoms with Crippen LogP contribution in [-0.4, -0.2) is 83.8 Å². The molecule has 0 bridgehead atoms. The van der Waals surface area contributed by atoms with Crippen LogP contribution in [0.1, 0.15) is 54.1 Å². The molecule has 0 saturated heterocycles. The van der Waals surface area contributed by atoms with Crippen molar-refractivity contribution >= 4 is 82.2 Å². The number of hydrogen-bond acceptors (Lipinski definition) is 12. The Balaban J connectivity index is 0.000000234. The third-order valence-corrected chi connectivity index (χ3v) is 12.7. The number of hydrogen-bond donors (Lipinski definition) is 1. The summed E-state index contributed by atoms with van der Waals surface area (Å²) in [4.78, 5) is 37.1. The summed E-state index contributed by atoms with van der Waals surface area (Å²) in [5.41, 5.74) is 1.27. The van der Waals surface area contributed by atoms with Crippen molar-refractivity contribution < 1.29 is 45.5 Å². The second-order valence-corrected chi connectivity index (χ2v) is 19.4. The molecule has 0 fully saturated rings. The number of pyridine rings is 2. The number of ether oxygens (including phenoxy) is 3. The Labute approximate surface area is 403 Å². The van der Waals surface area contributed by atoms with Gasteiger partial charge in [-0.3, -0.25) is 19.1 Å². The number of carbonyl (C=O) groups excluding carboxylic acids is 2. The van der Waals surface area contributed by atoms with Crippen LogP contribution >= 0.6 is 39.1 Å². The lowest BCUT2D eigenvalue weighted by molar-refractivity contribution is -0.0756. The van der Waals surface area contributed by atoms with Crippen molar-refractivity contribution in [3.63, 3.8) is 0 Å². The summed E-state index contributed by atoms with van der Waals surface area (Å²) in [6.07, 6.45) is 2.69. The lowest BCUT2D eigenvalue weighted by Crippen LogP contribution is -2.33. The van der Waals surface area contributed by atoms with Gasteiger partial charge in [0.05, 0.1) is 50.5 Å². The molecule has 0 radical (unpaired) electrons. The molecule has 0 aliphatic carbocycles. The summed E-state index contributed by atoms with van der Waals surface area (Å²) >= 11 is 15.2. The first kappa shape index (κ1) is 53.0. The largest absolute Gasteiger partial charge is 0.491 e. The number of amides is 1. The molecule has 0 spiro atoms. The first-order valence-corrected chi connectivity index (χ1v) is 24.3. The van der Waals surface area contributed by atoms with E-state index in [2.05, 4.69) is 30.6 Å². The van der Waals surface area contributed by atoms with Gasteiger partial charge in [-0.05, 0) is 116 Å². The third kappa shape index (κ3) is 15.2. The maximum Gasteiger partial charge on any atom is 0.277 e. The first-order chi connectivity index (χ1) is 31.3. The van der Waals surface area contributed by atoms with E-state index in [1.807, 2.05) is 45.9 Å². The number of nitrogens with zero attached hydrogens (tertiary/aromatic N) is 4. The number of halogens is 3. The molecule has 66 heavy (non-hydrogen) atoms. The van der Waals surface area contributed by atoms with E-state index in [0.717, 1.165) is 4.31 Å². The minimum absolute atomic E-state index is 0.000868. The van der Waals surface area contributed by atoms with Gasteiger partial charge in [-0.15, -0.1) is 0 Å². The van der Waals surface area contributed by atoms with Gasteiger partial charge in [0.25, 0.3) is 26.0 Å². The van der Waals surface area contributed by atoms with E-state index in [4.69, 9.17) is 42.3 Å². The lowest BCUT2D eigenvalue weighted by atomic mass is 10.1. The molecular formula is C46H48BrCl2N5O10S2. The molecule has 0 aliphatic heterocycles. The molecule has 1 N–H and O–H groups in total. The Morgan fingerprint density at radius 3 is 1.68 bits per heavy atom. The monoisotopic (exact) mass is 1040 g/mol. The van der Waals surface area contributed by atoms with E-state index in [0.29, 0.717) is 32.3 Å². The summed E-state index contributed by atoms with van der Waals surface area (Å²) in [6, 6.07) is 32.5. The van der Waals surface area contributed by atoms with Gasteiger partial charge in [0.2, 0.25) is 5.78 Å². The van der Waals surface area contributed by atoms with Crippen LogP contribution < -0.4 is 18.5 Å². The highest BCUT2D eigenvalue weighted by atomic mass is 79.9. The summed E-state index contributed by atoms with van der Waals surface area (Å²) in [6.45, 7) is 7.36. The van der Waals surface area contributed by atoms with Gasteiger partial charge in [0.15, 0.2) is 0 Å². The Bertz CT molecular complexity index is 2760. The highest BCUT2D eigenvalue weighted by Gasteiger charge is 2.28. The van der Waals surface area contributed by atoms with Crippen molar-refractivity contribution in [1.29, 1.82) is 0 Å². The Kier molecular flexibility index (Phi) is 19.9. The van der Waals surface area contributed by atoms with E-state index in [1.54, 1.807) is 73.8 Å². The topological polar surface area (TPSA) is 184 Å². The van der Waals surface area contributed by atoms with Crippen molar-refractivity contribution in [1.82, 2.24) is 15.0 Å². The minimum Gasteiger partial charge on any atom is -0.491 e. The number of ketones is 1. The van der Waals surface area contributed by atoms with Crippen LogP contribution in [0.5, 0.6) is 11.5 Å². The van der Waals surface area contributed by atoms with Gasteiger partial charge in [-0.1, -0.05) is 71.7 Å². The van der Waals surface area contributed by atoms with E-state index in [9.17, 15) is 26.4 Å². The Hall–Kier alpha value is -5.60. The summed E-state index contributed by atoms with van der Waals surface area (Å²) in [5.74, 6) is 0.597. The van der Waals surface area contributed by atoms with E-state index in [1.165, 1.54) is 68.1 Å². The zero-order valence-electron chi connectivity index (χ0n) is 36.9. The molecule has 1 amide bonds. The van der Waals surface area contributed by atoms with Crippen LogP contribution in [0.4, 0.5) is 11.4 Å². The molecule has 0 unspecified atom stereocenters. The predicted octanol–water partition coefficient (Wildman–Crippen LogP) is 9.96. The number of benzene rings is 4. The highest BCUT2D eigenvalue weighted by Crippen LogP contribution is 2.32. The molecule has 0 aliphatic rings. The van der Waals surface area contributed by atoms with Gasteiger partial charge in [0.1, 0.15) is 28.5 Å². The van der Waals surface area contributed by atoms with Gasteiger partial charge < -0.3 is 14.2 Å². The normalized spacial score (nSPS) is 11.1. The molecule has 6 aromatic rings. The zero-order chi connectivity index (χ0) is 48.6. The van der Waals surface area contributed by atoms with E-state index >= 15 is 0 Å². The van der Waals surface area contributed by atoms with E-state index in [-0.39, 0.29) is 56.7 Å². The molecule has 0 atom stereocenters. The first-order valence-electron chi connectivity index (χ1n) is 19.8. The SMILES string of the molecule is CC(C)Oc1ccc(S(=O)(=O)Nc2cc(Cl)cnc2C(=O)c2ccccc2)cc1.COCN(c1cc(Cl)cnc1Br)S(=O)(=O)c1ccc(OC(C)C)cc1.CON(C)C(=O)c1ccccc1. The maximum absolute atomic E-state index is 13.0. The average molecular weight is 1050 g/mol. The summed E-state index contributed by atoms with van der Waals surface area (Å²) in [7, 11) is -3.40. The van der Waals surface area contributed by atoms with Gasteiger partial charge in [-0.25, -0.2) is 36.2 Å². The Morgan fingerprint density at radius 2 is 1.18 bits per heavy atom. The molecule has 4 aromatic carbocycles. The molecular weight excluding hydrogens is 997 g/mol. The van der Waals surface area contributed by atoms with Gasteiger partial charge >= 0.3 is 0 Å². The van der Waals surface area contributed by atoms with Crippen LogP contribution in [0.15, 0.2) is 148 Å². The van der Waals surface area contributed by atoms with E-state index < -0.39 is 25.8 Å². The number of hydroxylamine groups is 2. The lowest BCUT2D eigenvalue weighted by Gasteiger charge is -2.24. The fourth-order valence-electron chi connectivity index (χ4n) is 5.50. The minimum atomic E-state index is -3.97. The van der Waals surface area contributed by atoms with Crippen molar-refractivity contribution in [2.24, 2.45) is 0 Å². The molecule has 0 saturated carbocycles. The van der Waals surface area contributed by atoms with Crippen LogP contribution in [0, 0.1) is 0 Å². The number of aromatic nitrogens is 2. The van der Waals surface area contributed by atoms with Crippen molar-refractivity contribution in [2.45, 2.75) is 49.7 Å². The average Bonchev–Trinajstić information content (AvgIpc) is 3.29. The third-order valence-electron chi connectivity index (χ3n) is 8.52. The van der Waals surface area contributed by atoms with Crippen molar-refractivity contribution in [2.75, 3.05) is 37.0 Å². The molecule has 2 heterocycles.